The van der Waals surface area contributed by atoms with Crippen molar-refractivity contribution >= 4 is 28.3 Å². The van der Waals surface area contributed by atoms with Gasteiger partial charge >= 0.3 is 0 Å². The molecule has 2 aliphatic rings. The third-order valence-corrected chi connectivity index (χ3v) is 6.30. The number of aromatic amines is 1. The summed E-state index contributed by atoms with van der Waals surface area (Å²) in [4.78, 5) is 25.5. The molecule has 2 unspecified atom stereocenters. The van der Waals surface area contributed by atoms with Crippen molar-refractivity contribution in [3.05, 3.63) is 53.6 Å². The zero-order valence-corrected chi connectivity index (χ0v) is 17.1. The molecule has 0 spiro atoms. The summed E-state index contributed by atoms with van der Waals surface area (Å²) in [7, 11) is 2.13. The van der Waals surface area contributed by atoms with Crippen LogP contribution >= 0.6 is 0 Å². The maximum Gasteiger partial charge on any atom is 0.237 e. The fraction of sp³-hybridized carbons (Fsp3) is 0.364. The summed E-state index contributed by atoms with van der Waals surface area (Å²) in [6.07, 6.45) is 0. The Kier molecular flexibility index (Phi) is 4.30. The van der Waals surface area contributed by atoms with Gasteiger partial charge in [0.05, 0.1) is 16.6 Å². The first-order valence-electron chi connectivity index (χ1n) is 10.2. The molecule has 4 N–H and O–H groups in total. The van der Waals surface area contributed by atoms with E-state index in [0.29, 0.717) is 17.1 Å². The molecule has 2 aromatic carbocycles. The van der Waals surface area contributed by atoms with Gasteiger partial charge in [0.15, 0.2) is 0 Å². The molecule has 1 saturated heterocycles. The van der Waals surface area contributed by atoms with E-state index in [4.69, 9.17) is 5.73 Å². The fourth-order valence-electron chi connectivity index (χ4n) is 4.62. The van der Waals surface area contributed by atoms with Gasteiger partial charge < -0.3 is 25.8 Å². The Hall–Kier alpha value is -2.97. The van der Waals surface area contributed by atoms with E-state index >= 15 is 0 Å². The highest BCUT2D eigenvalue weighted by Gasteiger charge is 2.47. The zero-order valence-electron chi connectivity index (χ0n) is 17.1. The molecule has 1 amide bonds. The molecule has 1 fully saturated rings. The normalized spacial score (nSPS) is 24.7. The van der Waals surface area contributed by atoms with E-state index in [1.807, 2.05) is 6.07 Å². The summed E-state index contributed by atoms with van der Waals surface area (Å²) in [5.74, 6) is -1.12. The van der Waals surface area contributed by atoms with Gasteiger partial charge in [-0.25, -0.2) is 9.37 Å². The minimum absolute atomic E-state index is 0.295. The summed E-state index contributed by atoms with van der Waals surface area (Å²) in [6, 6.07) is 10.6. The number of fused-ring (bicyclic) bond motifs is 2. The van der Waals surface area contributed by atoms with Crippen LogP contribution in [0.4, 0.5) is 15.8 Å². The van der Waals surface area contributed by atoms with Crippen LogP contribution in [-0.4, -0.2) is 54.0 Å². The van der Waals surface area contributed by atoms with Crippen molar-refractivity contribution in [2.24, 2.45) is 5.73 Å². The van der Waals surface area contributed by atoms with Crippen molar-refractivity contribution in [1.82, 2.24) is 14.9 Å². The molecule has 1 aromatic heterocycles. The number of nitrogens with one attached hydrogen (secondary N) is 2. The highest BCUT2D eigenvalue weighted by atomic mass is 19.1. The molecule has 0 aliphatic carbocycles. The maximum absolute atomic E-state index is 14.6. The Morgan fingerprint density at radius 2 is 1.97 bits per heavy atom. The Balaban J connectivity index is 1.53. The van der Waals surface area contributed by atoms with Crippen LogP contribution in [0.2, 0.25) is 0 Å². The lowest BCUT2D eigenvalue weighted by Crippen LogP contribution is -2.50. The molecule has 3 aromatic rings. The van der Waals surface area contributed by atoms with Gasteiger partial charge in [0.1, 0.15) is 17.6 Å². The second kappa shape index (κ2) is 6.78. The Labute approximate surface area is 174 Å². The number of carbonyl (C=O) groups is 1. The number of imidazole rings is 1. The van der Waals surface area contributed by atoms with Crippen LogP contribution in [0.25, 0.3) is 11.0 Å². The number of anilines is 2. The molecule has 0 bridgehead atoms. The van der Waals surface area contributed by atoms with Crippen molar-refractivity contribution in [3.63, 3.8) is 0 Å². The van der Waals surface area contributed by atoms with Gasteiger partial charge in [0.2, 0.25) is 5.91 Å². The number of nitrogens with zero attached hydrogens (tertiary/aromatic N) is 3. The average molecular weight is 408 g/mol. The number of benzene rings is 2. The minimum atomic E-state index is -1.24. The molecule has 0 radical (unpaired) electrons. The van der Waals surface area contributed by atoms with Crippen LogP contribution in [0.1, 0.15) is 24.2 Å². The monoisotopic (exact) mass is 408 g/mol. The molecular weight excluding hydrogens is 383 g/mol. The number of hydrogen-bond donors (Lipinski definition) is 3. The number of likely N-dealkylation sites (N-methyl/N-ethyl adjacent to an activating group) is 1. The van der Waals surface area contributed by atoms with Gasteiger partial charge in [-0.05, 0) is 44.3 Å². The topological polar surface area (TPSA) is 90.3 Å². The molecule has 7 nitrogen and oxygen atoms in total. The summed E-state index contributed by atoms with van der Waals surface area (Å²) < 4.78 is 14.6. The summed E-state index contributed by atoms with van der Waals surface area (Å²) in [5, 5.41) is 2.78. The third kappa shape index (κ3) is 2.95. The van der Waals surface area contributed by atoms with E-state index < -0.39 is 17.3 Å². The summed E-state index contributed by atoms with van der Waals surface area (Å²) in [5.41, 5.74) is 8.75. The van der Waals surface area contributed by atoms with Crippen molar-refractivity contribution < 1.29 is 9.18 Å². The highest BCUT2D eigenvalue weighted by Crippen LogP contribution is 2.43. The first-order valence-corrected chi connectivity index (χ1v) is 10.2. The smallest absolute Gasteiger partial charge is 0.237 e. The molecule has 156 valence electrons. The van der Waals surface area contributed by atoms with Crippen molar-refractivity contribution in [2.75, 3.05) is 43.4 Å². The summed E-state index contributed by atoms with van der Waals surface area (Å²) in [6.45, 7) is 5.65. The standard InChI is InChI=1S/C22H25FN6O/c1-22(24)18-14(23)4-3-5-16(18)27-21(30)19(22)20-25-15-7-6-13(12-17(15)26-20)29-10-8-28(2)9-11-29/h3-7,12,19H,8-11,24H2,1-2H3,(H,25,26)(H,27,30). The number of rotatable bonds is 2. The SMILES string of the molecule is CN1CCN(c2ccc3nc(C4C(=O)Nc5cccc(F)c5C4(C)N)[nH]c3c2)CC1. The molecule has 2 atom stereocenters. The van der Waals surface area contributed by atoms with E-state index in [-0.39, 0.29) is 5.91 Å². The third-order valence-electron chi connectivity index (χ3n) is 6.30. The largest absolute Gasteiger partial charge is 0.369 e. The van der Waals surface area contributed by atoms with Crippen LogP contribution in [0.15, 0.2) is 36.4 Å². The fourth-order valence-corrected chi connectivity index (χ4v) is 4.62. The van der Waals surface area contributed by atoms with E-state index in [9.17, 15) is 9.18 Å². The van der Waals surface area contributed by atoms with E-state index in [1.165, 1.54) is 6.07 Å². The molecule has 0 saturated carbocycles. The quantitative estimate of drug-likeness (QED) is 0.606. The van der Waals surface area contributed by atoms with Crippen LogP contribution in [0.3, 0.4) is 0 Å². The van der Waals surface area contributed by atoms with Gasteiger partial charge in [-0.3, -0.25) is 4.79 Å². The molecule has 5 rings (SSSR count). The van der Waals surface area contributed by atoms with Crippen molar-refractivity contribution in [1.29, 1.82) is 0 Å². The molecule has 3 heterocycles. The lowest BCUT2D eigenvalue weighted by molar-refractivity contribution is -0.119. The molecule has 8 heteroatoms. The number of aromatic nitrogens is 2. The van der Waals surface area contributed by atoms with Gasteiger partial charge in [-0.1, -0.05) is 6.07 Å². The number of H-pyrrole nitrogens is 1. The number of nitrogens with two attached hydrogens (primary N) is 1. The van der Waals surface area contributed by atoms with Gasteiger partial charge in [-0.15, -0.1) is 0 Å². The predicted octanol–water partition coefficient (Wildman–Crippen LogP) is 2.36. The highest BCUT2D eigenvalue weighted by molar-refractivity contribution is 6.00. The molecular formula is C22H25FN6O. The van der Waals surface area contributed by atoms with Gasteiger partial charge in [0.25, 0.3) is 0 Å². The zero-order chi connectivity index (χ0) is 21.0. The lowest BCUT2D eigenvalue weighted by Gasteiger charge is -2.38. The maximum atomic E-state index is 14.6. The molecule has 2 aliphatic heterocycles. The lowest BCUT2D eigenvalue weighted by atomic mass is 9.75. The summed E-state index contributed by atoms with van der Waals surface area (Å²) >= 11 is 0. The van der Waals surface area contributed by atoms with Crippen LogP contribution < -0.4 is 16.0 Å². The van der Waals surface area contributed by atoms with Gasteiger partial charge in [-0.2, -0.15) is 0 Å². The minimum Gasteiger partial charge on any atom is -0.369 e. The average Bonchev–Trinajstić information content (AvgIpc) is 3.10. The van der Waals surface area contributed by atoms with E-state index in [1.54, 1.807) is 19.1 Å². The number of hydrogen-bond acceptors (Lipinski definition) is 5. The van der Waals surface area contributed by atoms with Crippen LogP contribution in [0.5, 0.6) is 0 Å². The first-order chi connectivity index (χ1) is 14.3. The van der Waals surface area contributed by atoms with E-state index in [0.717, 1.165) is 42.9 Å². The Bertz CT molecular complexity index is 1130. The van der Waals surface area contributed by atoms with Crippen LogP contribution in [-0.2, 0) is 10.3 Å². The number of piperazine rings is 1. The number of amides is 1. The van der Waals surface area contributed by atoms with Crippen molar-refractivity contribution in [3.8, 4) is 0 Å². The number of carbonyl (C=O) groups excluding carboxylic acids is 1. The van der Waals surface area contributed by atoms with E-state index in [2.05, 4.69) is 44.3 Å². The Morgan fingerprint density at radius 3 is 2.73 bits per heavy atom. The van der Waals surface area contributed by atoms with Crippen molar-refractivity contribution in [2.45, 2.75) is 18.4 Å². The second-order valence-corrected chi connectivity index (χ2v) is 8.48. The van der Waals surface area contributed by atoms with Crippen LogP contribution in [0, 0.1) is 5.82 Å². The number of halogens is 1. The Morgan fingerprint density at radius 1 is 1.20 bits per heavy atom. The first kappa shape index (κ1) is 19.0. The second-order valence-electron chi connectivity index (χ2n) is 8.48. The van der Waals surface area contributed by atoms with Gasteiger partial charge in [0, 0.05) is 43.1 Å². The predicted molar refractivity (Wildman–Crippen MR) is 115 cm³/mol. The molecule has 30 heavy (non-hydrogen) atoms.